The van der Waals surface area contributed by atoms with E-state index in [-0.39, 0.29) is 0 Å². The van der Waals surface area contributed by atoms with Crippen LogP contribution in [0, 0.1) is 12.3 Å². The lowest BCUT2D eigenvalue weighted by Crippen LogP contribution is -2.40. The second kappa shape index (κ2) is 4.89. The minimum atomic E-state index is 0.440. The van der Waals surface area contributed by atoms with E-state index in [1.165, 1.54) is 36.2 Å². The van der Waals surface area contributed by atoms with E-state index >= 15 is 0 Å². The number of rotatable bonds is 2. The quantitative estimate of drug-likeness (QED) is 0.706. The second-order valence-electron chi connectivity index (χ2n) is 5.94. The molecule has 94 valence electrons. The molecule has 0 saturated carbocycles. The van der Waals surface area contributed by atoms with E-state index in [4.69, 9.17) is 11.6 Å². The summed E-state index contributed by atoms with van der Waals surface area (Å²) < 4.78 is 0. The molecular formula is C15H22ClN. The van der Waals surface area contributed by atoms with Gasteiger partial charge in [-0.2, -0.15) is 0 Å². The molecule has 1 aromatic rings. The van der Waals surface area contributed by atoms with Crippen LogP contribution in [0.5, 0.6) is 0 Å². The van der Waals surface area contributed by atoms with E-state index < -0.39 is 0 Å². The maximum absolute atomic E-state index is 5.87. The van der Waals surface area contributed by atoms with E-state index in [0.29, 0.717) is 11.3 Å². The van der Waals surface area contributed by atoms with Crippen LogP contribution in [-0.4, -0.2) is 13.1 Å². The van der Waals surface area contributed by atoms with Crippen molar-refractivity contribution < 1.29 is 0 Å². The highest BCUT2D eigenvalue weighted by molar-refractivity contribution is 6.17. The standard InChI is InChI=1S/C15H22ClN/c1-12-9-13(10-16)5-6-14(12)17-8-4-7-15(2,3)11-17/h5-6,9H,4,7-8,10-11H2,1-3H3. The smallest absolute Gasteiger partial charge is 0.0474 e. The molecule has 0 bridgehead atoms. The Kier molecular flexibility index (Phi) is 3.67. The van der Waals surface area contributed by atoms with Gasteiger partial charge in [-0.15, -0.1) is 11.6 Å². The topological polar surface area (TPSA) is 3.24 Å². The monoisotopic (exact) mass is 251 g/mol. The van der Waals surface area contributed by atoms with Gasteiger partial charge in [0.25, 0.3) is 0 Å². The molecule has 0 N–H and O–H groups in total. The summed E-state index contributed by atoms with van der Waals surface area (Å²) in [7, 11) is 0. The third-order valence-corrected chi connectivity index (χ3v) is 3.97. The minimum Gasteiger partial charge on any atom is -0.371 e. The Bertz CT molecular complexity index is 398. The zero-order chi connectivity index (χ0) is 12.5. The Hall–Kier alpha value is -0.690. The predicted molar refractivity (Wildman–Crippen MR) is 76.0 cm³/mol. The van der Waals surface area contributed by atoms with E-state index in [9.17, 15) is 0 Å². The first-order chi connectivity index (χ1) is 8.02. The molecule has 1 heterocycles. The van der Waals surface area contributed by atoms with E-state index in [0.717, 1.165) is 6.54 Å². The molecule has 0 atom stereocenters. The van der Waals surface area contributed by atoms with Crippen molar-refractivity contribution in [3.05, 3.63) is 29.3 Å². The number of hydrogen-bond donors (Lipinski definition) is 0. The molecule has 17 heavy (non-hydrogen) atoms. The van der Waals surface area contributed by atoms with Crippen molar-refractivity contribution in [2.45, 2.75) is 39.5 Å². The van der Waals surface area contributed by atoms with Gasteiger partial charge in [-0.3, -0.25) is 0 Å². The van der Waals surface area contributed by atoms with Gasteiger partial charge in [-0.1, -0.05) is 26.0 Å². The zero-order valence-electron chi connectivity index (χ0n) is 11.1. The van der Waals surface area contributed by atoms with E-state index in [2.05, 4.69) is 43.9 Å². The summed E-state index contributed by atoms with van der Waals surface area (Å²) in [6, 6.07) is 6.59. The maximum atomic E-state index is 5.87. The minimum absolute atomic E-state index is 0.440. The average Bonchev–Trinajstić information content (AvgIpc) is 2.27. The van der Waals surface area contributed by atoms with E-state index in [1.54, 1.807) is 0 Å². The third-order valence-electron chi connectivity index (χ3n) is 3.66. The first-order valence-corrected chi connectivity index (χ1v) is 6.96. The van der Waals surface area contributed by atoms with Crippen LogP contribution in [0.3, 0.4) is 0 Å². The number of hydrogen-bond acceptors (Lipinski definition) is 1. The lowest BCUT2D eigenvalue weighted by atomic mass is 9.84. The van der Waals surface area contributed by atoms with Gasteiger partial charge in [-0.05, 0) is 42.4 Å². The van der Waals surface area contributed by atoms with Crippen molar-refractivity contribution in [3.8, 4) is 0 Å². The van der Waals surface area contributed by atoms with E-state index in [1.807, 2.05) is 0 Å². The van der Waals surface area contributed by atoms with Crippen LogP contribution < -0.4 is 4.90 Å². The summed E-state index contributed by atoms with van der Waals surface area (Å²) in [5, 5.41) is 0. The number of benzene rings is 1. The maximum Gasteiger partial charge on any atom is 0.0474 e. The number of alkyl halides is 1. The first-order valence-electron chi connectivity index (χ1n) is 6.42. The lowest BCUT2D eigenvalue weighted by molar-refractivity contribution is 0.293. The summed E-state index contributed by atoms with van der Waals surface area (Å²) in [4.78, 5) is 2.52. The molecule has 0 unspecified atom stereocenters. The highest BCUT2D eigenvalue weighted by Gasteiger charge is 2.26. The summed E-state index contributed by atoms with van der Waals surface area (Å²) >= 11 is 5.87. The summed E-state index contributed by atoms with van der Waals surface area (Å²) in [6.07, 6.45) is 2.63. The second-order valence-corrected chi connectivity index (χ2v) is 6.21. The van der Waals surface area contributed by atoms with Gasteiger partial charge in [-0.25, -0.2) is 0 Å². The molecule has 0 spiro atoms. The molecule has 1 aliphatic rings. The Labute approximate surface area is 110 Å². The number of aryl methyl sites for hydroxylation is 1. The van der Waals surface area contributed by atoms with Gasteiger partial charge in [0.05, 0.1) is 0 Å². The molecule has 2 heteroatoms. The lowest BCUT2D eigenvalue weighted by Gasteiger charge is -2.40. The first kappa shape index (κ1) is 12.8. The van der Waals surface area contributed by atoms with Crippen LogP contribution in [-0.2, 0) is 5.88 Å². The molecule has 1 nitrogen and oxygen atoms in total. The van der Waals surface area contributed by atoms with Crippen LogP contribution in [0.2, 0.25) is 0 Å². The number of piperidine rings is 1. The third kappa shape index (κ3) is 2.95. The fourth-order valence-corrected chi connectivity index (χ4v) is 2.95. The van der Waals surface area contributed by atoms with Crippen molar-refractivity contribution in [2.75, 3.05) is 18.0 Å². The van der Waals surface area contributed by atoms with Crippen molar-refractivity contribution in [3.63, 3.8) is 0 Å². The van der Waals surface area contributed by atoms with Crippen molar-refractivity contribution in [1.29, 1.82) is 0 Å². The van der Waals surface area contributed by atoms with Crippen molar-refractivity contribution in [2.24, 2.45) is 5.41 Å². The van der Waals surface area contributed by atoms with Crippen LogP contribution in [0.4, 0.5) is 5.69 Å². The largest absolute Gasteiger partial charge is 0.371 e. The number of nitrogens with zero attached hydrogens (tertiary/aromatic N) is 1. The number of halogens is 1. The van der Waals surface area contributed by atoms with Crippen molar-refractivity contribution >= 4 is 17.3 Å². The molecule has 1 fully saturated rings. The molecule has 1 aliphatic heterocycles. The van der Waals surface area contributed by atoms with Crippen LogP contribution in [0.25, 0.3) is 0 Å². The molecule has 0 amide bonds. The van der Waals surface area contributed by atoms with Crippen LogP contribution in [0.1, 0.15) is 37.8 Å². The Morgan fingerprint density at radius 1 is 1.35 bits per heavy atom. The van der Waals surface area contributed by atoms with Gasteiger partial charge in [0.15, 0.2) is 0 Å². The highest BCUT2D eigenvalue weighted by Crippen LogP contribution is 2.33. The van der Waals surface area contributed by atoms with Gasteiger partial charge in [0, 0.05) is 24.7 Å². The molecule has 0 aliphatic carbocycles. The molecule has 1 aromatic carbocycles. The van der Waals surface area contributed by atoms with Crippen molar-refractivity contribution in [1.82, 2.24) is 0 Å². The Morgan fingerprint density at radius 2 is 2.12 bits per heavy atom. The average molecular weight is 252 g/mol. The van der Waals surface area contributed by atoms with Gasteiger partial charge in [0.1, 0.15) is 0 Å². The summed E-state index contributed by atoms with van der Waals surface area (Å²) in [5.41, 5.74) is 4.38. The van der Waals surface area contributed by atoms with Gasteiger partial charge < -0.3 is 4.90 Å². The fourth-order valence-electron chi connectivity index (χ4n) is 2.78. The molecular weight excluding hydrogens is 230 g/mol. The molecule has 0 aromatic heterocycles. The molecule has 1 saturated heterocycles. The SMILES string of the molecule is Cc1cc(CCl)ccc1N1CCCC(C)(C)C1. The molecule has 2 rings (SSSR count). The summed E-state index contributed by atoms with van der Waals surface area (Å²) in [6.45, 7) is 9.26. The summed E-state index contributed by atoms with van der Waals surface area (Å²) in [5.74, 6) is 0.604. The Balaban J connectivity index is 2.22. The van der Waals surface area contributed by atoms with Crippen LogP contribution >= 0.6 is 11.6 Å². The van der Waals surface area contributed by atoms with Gasteiger partial charge in [0.2, 0.25) is 0 Å². The number of anilines is 1. The predicted octanol–water partition coefficient (Wildman–Crippen LogP) is 4.36. The fraction of sp³-hybridized carbons (Fsp3) is 0.600. The van der Waals surface area contributed by atoms with Crippen LogP contribution in [0.15, 0.2) is 18.2 Å². The van der Waals surface area contributed by atoms with Gasteiger partial charge >= 0.3 is 0 Å². The zero-order valence-corrected chi connectivity index (χ0v) is 11.8. The normalized spacial score (nSPS) is 19.4. The highest BCUT2D eigenvalue weighted by atomic mass is 35.5. The molecule has 0 radical (unpaired) electrons. The Morgan fingerprint density at radius 3 is 2.71 bits per heavy atom.